The maximum atomic E-state index is 12.9. The number of rotatable bonds is 13. The van der Waals surface area contributed by atoms with E-state index in [-0.39, 0.29) is 10.8 Å². The number of hydrogen-bond donors (Lipinski definition) is 1. The lowest BCUT2D eigenvalue weighted by molar-refractivity contribution is 0.0947. The minimum absolute atomic E-state index is 0.203. The molecule has 0 radical (unpaired) electrons. The lowest BCUT2D eigenvalue weighted by atomic mass is 10.0. The Balaban J connectivity index is 1.54. The van der Waals surface area contributed by atoms with E-state index in [4.69, 9.17) is 4.74 Å². The summed E-state index contributed by atoms with van der Waals surface area (Å²) in [4.78, 5) is 12.7. The van der Waals surface area contributed by atoms with Crippen LogP contribution in [0.15, 0.2) is 83.8 Å². The number of benzene rings is 3. The van der Waals surface area contributed by atoms with Crippen LogP contribution in [-0.2, 0) is 16.4 Å². The van der Waals surface area contributed by atoms with Gasteiger partial charge in [-0.05, 0) is 54.3 Å². The van der Waals surface area contributed by atoms with E-state index >= 15 is 0 Å². The molecular weight excluding hydrogens is 460 g/mol. The maximum absolute atomic E-state index is 12.9. The Bertz CT molecular complexity index is 1170. The van der Waals surface area contributed by atoms with E-state index in [0.717, 1.165) is 30.6 Å². The standard InChI is InChI=1S/C28H34N2O4S/c1-3-19-30(20-4-2)35(32,33)26-16-14-24(15-17-26)28(31)29-18-21-34-27-13-9-8-12-25(27)22-23-10-6-5-7-11-23/h5-17H,3-4,18-22H2,1-2H3,(H,29,31). The van der Waals surface area contributed by atoms with E-state index in [1.807, 2.05) is 56.3 Å². The Morgan fingerprint density at radius 2 is 1.49 bits per heavy atom. The van der Waals surface area contributed by atoms with Crippen LogP contribution in [-0.4, -0.2) is 44.9 Å². The molecular formula is C28H34N2O4S. The lowest BCUT2D eigenvalue weighted by Crippen LogP contribution is -2.32. The van der Waals surface area contributed by atoms with Gasteiger partial charge < -0.3 is 10.1 Å². The Labute approximate surface area is 209 Å². The average molecular weight is 495 g/mol. The van der Waals surface area contributed by atoms with Gasteiger partial charge >= 0.3 is 0 Å². The van der Waals surface area contributed by atoms with Crippen molar-refractivity contribution in [1.82, 2.24) is 9.62 Å². The summed E-state index contributed by atoms with van der Waals surface area (Å²) in [5.74, 6) is 0.526. The second-order valence-electron chi connectivity index (χ2n) is 8.30. The number of hydrogen-bond acceptors (Lipinski definition) is 4. The smallest absolute Gasteiger partial charge is 0.251 e. The predicted molar refractivity (Wildman–Crippen MR) is 139 cm³/mol. The fourth-order valence-corrected chi connectivity index (χ4v) is 5.44. The second-order valence-corrected chi connectivity index (χ2v) is 10.2. The number of amides is 1. The highest BCUT2D eigenvalue weighted by Gasteiger charge is 2.23. The van der Waals surface area contributed by atoms with Crippen LogP contribution in [0.4, 0.5) is 0 Å². The number of ether oxygens (including phenoxy) is 1. The Kier molecular flexibility index (Phi) is 9.87. The van der Waals surface area contributed by atoms with Gasteiger partial charge in [0.25, 0.3) is 5.91 Å². The van der Waals surface area contributed by atoms with Gasteiger partial charge in [-0.1, -0.05) is 62.4 Å². The van der Waals surface area contributed by atoms with Gasteiger partial charge in [0.1, 0.15) is 12.4 Å². The molecule has 0 saturated heterocycles. The molecule has 0 aromatic heterocycles. The average Bonchev–Trinajstić information content (AvgIpc) is 2.88. The zero-order valence-corrected chi connectivity index (χ0v) is 21.3. The Morgan fingerprint density at radius 1 is 0.857 bits per heavy atom. The molecule has 0 unspecified atom stereocenters. The fourth-order valence-electron chi connectivity index (χ4n) is 3.81. The summed E-state index contributed by atoms with van der Waals surface area (Å²) in [6.07, 6.45) is 2.27. The molecule has 0 fully saturated rings. The molecule has 3 aromatic rings. The van der Waals surface area contributed by atoms with E-state index in [0.29, 0.717) is 31.8 Å². The molecule has 35 heavy (non-hydrogen) atoms. The molecule has 0 spiro atoms. The minimum atomic E-state index is -3.56. The summed E-state index contributed by atoms with van der Waals surface area (Å²) in [5, 5.41) is 2.84. The Hall–Kier alpha value is -3.16. The molecule has 0 aliphatic carbocycles. The lowest BCUT2D eigenvalue weighted by Gasteiger charge is -2.21. The molecule has 3 aromatic carbocycles. The number of carbonyl (C=O) groups excluding carboxylic acids is 1. The Morgan fingerprint density at radius 3 is 2.14 bits per heavy atom. The predicted octanol–water partition coefficient (Wildman–Crippen LogP) is 4.90. The summed E-state index contributed by atoms with van der Waals surface area (Å²) >= 11 is 0. The van der Waals surface area contributed by atoms with Crippen molar-refractivity contribution < 1.29 is 17.9 Å². The van der Waals surface area contributed by atoms with E-state index < -0.39 is 10.0 Å². The van der Waals surface area contributed by atoms with Crippen LogP contribution in [0.1, 0.15) is 48.2 Å². The van der Waals surface area contributed by atoms with Crippen molar-refractivity contribution in [1.29, 1.82) is 0 Å². The molecule has 3 rings (SSSR count). The van der Waals surface area contributed by atoms with Gasteiger partial charge in [0.2, 0.25) is 10.0 Å². The van der Waals surface area contributed by atoms with Crippen molar-refractivity contribution in [2.24, 2.45) is 0 Å². The third-order valence-corrected chi connectivity index (χ3v) is 7.47. The quantitative estimate of drug-likeness (QED) is 0.343. The summed E-state index contributed by atoms with van der Waals surface area (Å²) in [7, 11) is -3.56. The number of carbonyl (C=O) groups is 1. The molecule has 1 amide bonds. The van der Waals surface area contributed by atoms with Crippen molar-refractivity contribution >= 4 is 15.9 Å². The first kappa shape index (κ1) is 26.4. The highest BCUT2D eigenvalue weighted by molar-refractivity contribution is 7.89. The van der Waals surface area contributed by atoms with Crippen LogP contribution in [0.2, 0.25) is 0 Å². The molecule has 0 bridgehead atoms. The van der Waals surface area contributed by atoms with E-state index in [1.54, 1.807) is 12.1 Å². The maximum Gasteiger partial charge on any atom is 0.251 e. The second kappa shape index (κ2) is 13.1. The van der Waals surface area contributed by atoms with Crippen LogP contribution in [0.25, 0.3) is 0 Å². The zero-order chi connectivity index (χ0) is 25.1. The largest absolute Gasteiger partial charge is 0.491 e. The monoisotopic (exact) mass is 494 g/mol. The molecule has 6 nitrogen and oxygen atoms in total. The molecule has 7 heteroatoms. The summed E-state index contributed by atoms with van der Waals surface area (Å²) in [6, 6.07) is 24.2. The molecule has 0 atom stereocenters. The first-order valence-corrected chi connectivity index (χ1v) is 13.5. The van der Waals surface area contributed by atoms with Gasteiger partial charge in [-0.25, -0.2) is 8.42 Å². The van der Waals surface area contributed by atoms with Crippen molar-refractivity contribution in [2.75, 3.05) is 26.2 Å². The van der Waals surface area contributed by atoms with Gasteiger partial charge in [0.15, 0.2) is 0 Å². The molecule has 0 saturated carbocycles. The van der Waals surface area contributed by atoms with Gasteiger partial charge in [-0.15, -0.1) is 0 Å². The van der Waals surface area contributed by atoms with Crippen LogP contribution in [0.3, 0.4) is 0 Å². The zero-order valence-electron chi connectivity index (χ0n) is 20.4. The van der Waals surface area contributed by atoms with Gasteiger partial charge in [-0.2, -0.15) is 4.31 Å². The number of nitrogens with zero attached hydrogens (tertiary/aromatic N) is 1. The van der Waals surface area contributed by atoms with Crippen LogP contribution in [0.5, 0.6) is 5.75 Å². The molecule has 186 valence electrons. The highest BCUT2D eigenvalue weighted by atomic mass is 32.2. The number of para-hydroxylation sites is 1. The van der Waals surface area contributed by atoms with Crippen molar-refractivity contribution in [3.05, 3.63) is 95.6 Å². The van der Waals surface area contributed by atoms with Crippen molar-refractivity contribution in [2.45, 2.75) is 38.0 Å². The van der Waals surface area contributed by atoms with Crippen molar-refractivity contribution in [3.63, 3.8) is 0 Å². The number of nitrogens with one attached hydrogen (secondary N) is 1. The number of sulfonamides is 1. The van der Waals surface area contributed by atoms with Crippen LogP contribution < -0.4 is 10.1 Å². The van der Waals surface area contributed by atoms with Gasteiger partial charge in [-0.3, -0.25) is 4.79 Å². The molecule has 1 N–H and O–H groups in total. The van der Waals surface area contributed by atoms with Crippen molar-refractivity contribution in [3.8, 4) is 5.75 Å². The summed E-state index contributed by atoms with van der Waals surface area (Å²) < 4.78 is 33.2. The summed E-state index contributed by atoms with van der Waals surface area (Å²) in [5.41, 5.74) is 2.70. The SMILES string of the molecule is CCCN(CCC)S(=O)(=O)c1ccc(C(=O)NCCOc2ccccc2Cc2ccccc2)cc1. The van der Waals surface area contributed by atoms with Crippen LogP contribution in [0, 0.1) is 0 Å². The summed E-state index contributed by atoms with van der Waals surface area (Å²) in [6.45, 7) is 5.53. The van der Waals surface area contributed by atoms with Gasteiger partial charge in [0, 0.05) is 25.1 Å². The molecule has 0 heterocycles. The topological polar surface area (TPSA) is 75.7 Å². The first-order chi connectivity index (χ1) is 17.0. The van der Waals surface area contributed by atoms with E-state index in [1.165, 1.54) is 22.0 Å². The van der Waals surface area contributed by atoms with E-state index in [2.05, 4.69) is 17.4 Å². The normalized spacial score (nSPS) is 11.4. The van der Waals surface area contributed by atoms with Crippen LogP contribution >= 0.6 is 0 Å². The van der Waals surface area contributed by atoms with E-state index in [9.17, 15) is 13.2 Å². The molecule has 0 aliphatic rings. The molecule has 0 aliphatic heterocycles. The third-order valence-electron chi connectivity index (χ3n) is 5.56. The highest BCUT2D eigenvalue weighted by Crippen LogP contribution is 2.21. The third kappa shape index (κ3) is 7.41. The fraction of sp³-hybridized carbons (Fsp3) is 0.321. The first-order valence-electron chi connectivity index (χ1n) is 12.1. The minimum Gasteiger partial charge on any atom is -0.491 e. The van der Waals surface area contributed by atoms with Gasteiger partial charge in [0.05, 0.1) is 11.4 Å².